The maximum absolute atomic E-state index is 13.6. The first-order chi connectivity index (χ1) is 17.5. The molecule has 6 atom stereocenters. The summed E-state index contributed by atoms with van der Waals surface area (Å²) in [5.41, 5.74) is 0.750. The van der Waals surface area contributed by atoms with Gasteiger partial charge in [-0.3, -0.25) is 9.59 Å². The van der Waals surface area contributed by atoms with Gasteiger partial charge in [0.2, 0.25) is 11.8 Å². The number of fused-ring (bicyclic) bond motifs is 2. The Morgan fingerprint density at radius 3 is 2.59 bits per heavy atom. The molecule has 5 rings (SSSR count). The molecule has 3 saturated carbocycles. The molecule has 4 aliphatic carbocycles. The molecule has 0 spiro atoms. The molecule has 4 aliphatic rings. The van der Waals surface area contributed by atoms with Crippen LogP contribution in [0.3, 0.4) is 0 Å². The summed E-state index contributed by atoms with van der Waals surface area (Å²) in [6.07, 6.45) is 3.62. The lowest BCUT2D eigenvalue weighted by molar-refractivity contribution is -0.151. The van der Waals surface area contributed by atoms with Gasteiger partial charge in [0.05, 0.1) is 16.2 Å². The molecule has 0 aliphatic heterocycles. The van der Waals surface area contributed by atoms with Crippen LogP contribution >= 0.6 is 22.6 Å². The zero-order chi connectivity index (χ0) is 26.9. The molecular formula is C29H41IN2O5. The second kappa shape index (κ2) is 11.6. The fraction of sp³-hybridized carbons (Fsp3) is 0.655. The van der Waals surface area contributed by atoms with Gasteiger partial charge >= 0.3 is 0 Å². The minimum Gasteiger partial charge on any atom is -0.482 e. The summed E-state index contributed by atoms with van der Waals surface area (Å²) >= 11 is 2.19. The van der Waals surface area contributed by atoms with Crippen molar-refractivity contribution in [3.05, 3.63) is 39.5 Å². The summed E-state index contributed by atoms with van der Waals surface area (Å²) in [5.74, 6) is 1.78. The zero-order valence-electron chi connectivity index (χ0n) is 22.3. The molecule has 3 fully saturated rings. The molecule has 0 saturated heterocycles. The Morgan fingerprint density at radius 1 is 1.24 bits per heavy atom. The summed E-state index contributed by atoms with van der Waals surface area (Å²) in [7, 11) is 0. The van der Waals surface area contributed by atoms with Gasteiger partial charge in [0.1, 0.15) is 18.0 Å². The van der Waals surface area contributed by atoms with E-state index in [-0.39, 0.29) is 42.7 Å². The lowest BCUT2D eigenvalue weighted by Crippen LogP contribution is -2.60. The maximum Gasteiger partial charge on any atom is 0.247 e. The van der Waals surface area contributed by atoms with Gasteiger partial charge in [-0.15, -0.1) is 0 Å². The number of halogens is 1. The first-order valence-electron chi connectivity index (χ1n) is 13.5. The lowest BCUT2D eigenvalue weighted by atomic mass is 9.45. The number of aliphatic hydroxyl groups excluding tert-OH is 2. The van der Waals surface area contributed by atoms with E-state index in [0.717, 1.165) is 15.9 Å². The van der Waals surface area contributed by atoms with E-state index in [4.69, 9.17) is 4.74 Å². The van der Waals surface area contributed by atoms with Crippen LogP contribution in [-0.2, 0) is 9.59 Å². The van der Waals surface area contributed by atoms with E-state index in [2.05, 4.69) is 41.8 Å². The molecule has 0 unspecified atom stereocenters. The third kappa shape index (κ3) is 5.86. The first kappa shape index (κ1) is 28.4. The monoisotopic (exact) mass is 624 g/mol. The molecule has 204 valence electrons. The Kier molecular flexibility index (Phi) is 8.90. The molecule has 37 heavy (non-hydrogen) atoms. The van der Waals surface area contributed by atoms with E-state index in [0.29, 0.717) is 29.7 Å². The Hall–Kier alpha value is -1.65. The number of carbonyl (C=O) groups is 2. The van der Waals surface area contributed by atoms with Crippen molar-refractivity contribution in [3.8, 4) is 5.75 Å². The number of amides is 2. The molecule has 0 radical (unpaired) electrons. The summed E-state index contributed by atoms with van der Waals surface area (Å²) in [6.45, 7) is 9.03. The van der Waals surface area contributed by atoms with Gasteiger partial charge in [-0.1, -0.05) is 39.8 Å². The van der Waals surface area contributed by atoms with Gasteiger partial charge in [0.25, 0.3) is 0 Å². The quantitative estimate of drug-likeness (QED) is 0.364. The van der Waals surface area contributed by atoms with E-state index >= 15 is 0 Å². The van der Waals surface area contributed by atoms with Crippen molar-refractivity contribution in [3.63, 3.8) is 0 Å². The lowest BCUT2D eigenvalue weighted by Gasteiger charge is -2.61. The highest BCUT2D eigenvalue weighted by Crippen LogP contribution is 2.61. The minimum absolute atomic E-state index is 0.00615. The maximum atomic E-state index is 13.6. The van der Waals surface area contributed by atoms with Crippen molar-refractivity contribution >= 4 is 34.4 Å². The van der Waals surface area contributed by atoms with Crippen molar-refractivity contribution < 1.29 is 24.5 Å². The number of carbonyl (C=O) groups excluding carboxylic acids is 2. The number of hydrogen-bond donors (Lipinski definition) is 3. The van der Waals surface area contributed by atoms with E-state index in [1.165, 1.54) is 12.8 Å². The number of nitrogens with zero attached hydrogens (tertiary/aromatic N) is 1. The SMILES string of the molecule is CC(C)C(=O)N(C[C@@H]1CC[C@H]2C[C@@H]1C2(C)C)[C@@H]1CC(C(=O)NCCO)=C[C@H](Oc2ccccc2I)[C@H]1O. The van der Waals surface area contributed by atoms with E-state index in [9.17, 15) is 19.8 Å². The van der Waals surface area contributed by atoms with Crippen LogP contribution in [-0.4, -0.2) is 64.9 Å². The number of hydrogen-bond acceptors (Lipinski definition) is 5. The number of rotatable bonds is 9. The molecule has 3 N–H and O–H groups in total. The van der Waals surface area contributed by atoms with Gasteiger partial charge in [-0.05, 0) is 83.2 Å². The van der Waals surface area contributed by atoms with Crippen molar-refractivity contribution in [1.29, 1.82) is 0 Å². The van der Waals surface area contributed by atoms with Gasteiger partial charge in [-0.2, -0.15) is 0 Å². The Morgan fingerprint density at radius 2 is 1.97 bits per heavy atom. The topological polar surface area (TPSA) is 99.1 Å². The molecule has 2 bridgehead atoms. The molecule has 7 nitrogen and oxygen atoms in total. The summed E-state index contributed by atoms with van der Waals surface area (Å²) < 4.78 is 7.15. The second-order valence-corrected chi connectivity index (χ2v) is 13.0. The zero-order valence-corrected chi connectivity index (χ0v) is 24.5. The Balaban J connectivity index is 1.64. The van der Waals surface area contributed by atoms with Gasteiger partial charge in [0.15, 0.2) is 0 Å². The smallest absolute Gasteiger partial charge is 0.247 e. The van der Waals surface area contributed by atoms with Crippen molar-refractivity contribution in [2.24, 2.45) is 29.1 Å². The highest BCUT2D eigenvalue weighted by atomic mass is 127. The molecule has 1 aromatic carbocycles. The van der Waals surface area contributed by atoms with Crippen LogP contribution in [0, 0.1) is 32.7 Å². The molecule has 8 heteroatoms. The van der Waals surface area contributed by atoms with Crippen LogP contribution in [0.2, 0.25) is 0 Å². The average Bonchev–Trinajstić information content (AvgIpc) is 2.87. The summed E-state index contributed by atoms with van der Waals surface area (Å²) in [6, 6.07) is 6.96. The number of para-hydroxylation sites is 1. The molecular weight excluding hydrogens is 583 g/mol. The third-order valence-corrected chi connectivity index (χ3v) is 9.82. The van der Waals surface area contributed by atoms with Crippen LogP contribution in [0.4, 0.5) is 0 Å². The van der Waals surface area contributed by atoms with Crippen molar-refractivity contribution in [2.75, 3.05) is 19.7 Å². The van der Waals surface area contributed by atoms with E-state index in [1.54, 1.807) is 6.08 Å². The van der Waals surface area contributed by atoms with Crippen LogP contribution in [0.5, 0.6) is 5.75 Å². The number of benzene rings is 1. The van der Waals surface area contributed by atoms with Crippen LogP contribution < -0.4 is 10.1 Å². The molecule has 2 amide bonds. The van der Waals surface area contributed by atoms with Crippen LogP contribution in [0.1, 0.15) is 53.4 Å². The Bertz CT molecular complexity index is 1020. The summed E-state index contributed by atoms with van der Waals surface area (Å²) in [4.78, 5) is 28.5. The predicted octanol–water partition coefficient (Wildman–Crippen LogP) is 3.76. The molecule has 0 aromatic heterocycles. The van der Waals surface area contributed by atoms with Crippen LogP contribution in [0.15, 0.2) is 35.9 Å². The summed E-state index contributed by atoms with van der Waals surface area (Å²) in [5, 5.41) is 23.6. The van der Waals surface area contributed by atoms with E-state index < -0.39 is 18.2 Å². The number of aliphatic hydroxyl groups is 2. The first-order valence-corrected chi connectivity index (χ1v) is 14.6. The predicted molar refractivity (Wildman–Crippen MR) is 151 cm³/mol. The van der Waals surface area contributed by atoms with Gasteiger partial charge in [0, 0.05) is 31.0 Å². The highest BCUT2D eigenvalue weighted by molar-refractivity contribution is 14.1. The molecule has 1 aromatic rings. The van der Waals surface area contributed by atoms with Crippen molar-refractivity contribution in [2.45, 2.75) is 71.6 Å². The molecule has 0 heterocycles. The van der Waals surface area contributed by atoms with E-state index in [1.807, 2.05) is 43.0 Å². The fourth-order valence-corrected chi connectivity index (χ4v) is 7.14. The number of nitrogens with one attached hydrogen (secondary N) is 1. The van der Waals surface area contributed by atoms with Crippen molar-refractivity contribution in [1.82, 2.24) is 10.2 Å². The highest BCUT2D eigenvalue weighted by Gasteiger charge is 2.55. The largest absolute Gasteiger partial charge is 0.482 e. The fourth-order valence-electron chi connectivity index (χ4n) is 6.62. The second-order valence-electron chi connectivity index (χ2n) is 11.8. The third-order valence-electron chi connectivity index (χ3n) is 8.92. The van der Waals surface area contributed by atoms with Gasteiger partial charge < -0.3 is 25.2 Å². The normalized spacial score (nSPS) is 30.2. The van der Waals surface area contributed by atoms with Crippen LogP contribution in [0.25, 0.3) is 0 Å². The Labute approximate surface area is 234 Å². The van der Waals surface area contributed by atoms with Gasteiger partial charge in [-0.25, -0.2) is 0 Å². The standard InChI is InChI=1S/C29H41IN2O5/c1-17(2)28(36)32(16-18-9-10-20-15-21(18)29(20,3)4)23-13-19(27(35)31-11-12-33)14-25(26(23)34)37-24-8-6-5-7-22(24)30/h5-8,14,17-18,20-21,23,25-26,33-34H,9-13,15-16H2,1-4H3,(H,31,35)/t18-,20-,21-,23+,25-,26-/m0/s1. The number of ether oxygens (including phenoxy) is 1. The average molecular weight is 625 g/mol. The minimum atomic E-state index is -0.987.